The molecule has 0 aromatic carbocycles. The van der Waals surface area contributed by atoms with Gasteiger partial charge in [-0.05, 0) is 61.7 Å². The maximum absolute atomic E-state index is 14.3. The molecule has 2 unspecified atom stereocenters. The molecule has 1 heterocycles. The molecule has 0 saturated carbocycles. The van der Waals surface area contributed by atoms with E-state index in [9.17, 15) is 8.78 Å². The van der Waals surface area contributed by atoms with Crippen LogP contribution in [0.3, 0.4) is 0 Å². The van der Waals surface area contributed by atoms with Crippen molar-refractivity contribution in [2.75, 3.05) is 20.3 Å². The van der Waals surface area contributed by atoms with Crippen LogP contribution in [0.1, 0.15) is 65.7 Å². The third-order valence-corrected chi connectivity index (χ3v) is 5.53. The van der Waals surface area contributed by atoms with E-state index in [4.69, 9.17) is 14.2 Å². The highest BCUT2D eigenvalue weighted by Crippen LogP contribution is 2.35. The summed E-state index contributed by atoms with van der Waals surface area (Å²) in [5, 5.41) is 0. The van der Waals surface area contributed by atoms with Crippen molar-refractivity contribution < 1.29 is 23.0 Å². The van der Waals surface area contributed by atoms with Gasteiger partial charge in [0.15, 0.2) is 17.9 Å². The lowest BCUT2D eigenvalue weighted by Crippen LogP contribution is -2.28. The van der Waals surface area contributed by atoms with E-state index in [1.807, 2.05) is 19.1 Å². The molecule has 2 aliphatic rings. The lowest BCUT2D eigenvalue weighted by molar-refractivity contribution is -0.171. The largest absolute Gasteiger partial charge is 0.498 e. The number of rotatable bonds is 9. The zero-order valence-electron chi connectivity index (χ0n) is 17.7. The highest BCUT2D eigenvalue weighted by Gasteiger charge is 2.24. The molecule has 1 fully saturated rings. The van der Waals surface area contributed by atoms with Gasteiger partial charge in [0.25, 0.3) is 0 Å². The van der Waals surface area contributed by atoms with Gasteiger partial charge in [0, 0.05) is 6.42 Å². The molecule has 0 aromatic heterocycles. The Bertz CT molecular complexity index is 638. The maximum atomic E-state index is 14.3. The summed E-state index contributed by atoms with van der Waals surface area (Å²) in [4.78, 5) is 0. The van der Waals surface area contributed by atoms with E-state index in [0.717, 1.165) is 37.0 Å². The van der Waals surface area contributed by atoms with E-state index in [-0.39, 0.29) is 12.0 Å². The zero-order valence-corrected chi connectivity index (χ0v) is 17.7. The Hall–Kier alpha value is -1.46. The Balaban J connectivity index is 1.93. The van der Waals surface area contributed by atoms with Crippen molar-refractivity contribution in [2.45, 2.75) is 72.0 Å². The van der Waals surface area contributed by atoms with Crippen LogP contribution in [-0.4, -0.2) is 26.6 Å². The molecule has 0 bridgehead atoms. The van der Waals surface area contributed by atoms with Crippen LogP contribution in [0.15, 0.2) is 46.3 Å². The monoisotopic (exact) mass is 396 g/mol. The van der Waals surface area contributed by atoms with Gasteiger partial charge in [0.2, 0.25) is 0 Å². The Kier molecular flexibility index (Phi) is 9.39. The Labute approximate surface area is 168 Å². The van der Waals surface area contributed by atoms with Crippen LogP contribution in [0.25, 0.3) is 0 Å². The summed E-state index contributed by atoms with van der Waals surface area (Å²) >= 11 is 0. The van der Waals surface area contributed by atoms with Crippen molar-refractivity contribution in [1.29, 1.82) is 0 Å². The topological polar surface area (TPSA) is 27.7 Å². The summed E-state index contributed by atoms with van der Waals surface area (Å²) in [6.07, 6.45) is 9.79. The molecule has 2 atom stereocenters. The van der Waals surface area contributed by atoms with E-state index in [1.54, 1.807) is 0 Å². The molecule has 0 radical (unpaired) electrons. The minimum absolute atomic E-state index is 0.0842. The van der Waals surface area contributed by atoms with E-state index < -0.39 is 11.7 Å². The van der Waals surface area contributed by atoms with Crippen LogP contribution in [0.2, 0.25) is 0 Å². The van der Waals surface area contributed by atoms with Crippen molar-refractivity contribution >= 4 is 0 Å². The van der Waals surface area contributed by atoms with Gasteiger partial charge in [-0.15, -0.1) is 0 Å². The van der Waals surface area contributed by atoms with E-state index in [2.05, 4.69) is 13.8 Å². The molecule has 5 heteroatoms. The Morgan fingerprint density at radius 2 is 1.93 bits per heavy atom. The summed E-state index contributed by atoms with van der Waals surface area (Å²) in [5.41, 5.74) is 2.23. The lowest BCUT2D eigenvalue weighted by atomic mass is 9.95. The molecule has 3 nitrogen and oxygen atoms in total. The number of hydrogen-bond donors (Lipinski definition) is 0. The van der Waals surface area contributed by atoms with Crippen LogP contribution >= 0.6 is 0 Å². The van der Waals surface area contributed by atoms with Crippen molar-refractivity contribution in [3.63, 3.8) is 0 Å². The van der Waals surface area contributed by atoms with Gasteiger partial charge in [-0.2, -0.15) is 0 Å². The SMILES string of the molecule is CCCC1CCC(OC/C(=C/C=C(\C)C2=C(F)C(F)=C(OC)CC2)CC)OC1. The minimum atomic E-state index is -0.879. The quantitative estimate of drug-likeness (QED) is 0.407. The summed E-state index contributed by atoms with van der Waals surface area (Å²) in [7, 11) is 1.37. The fourth-order valence-corrected chi connectivity index (χ4v) is 3.64. The van der Waals surface area contributed by atoms with Crippen molar-refractivity contribution in [2.24, 2.45) is 5.92 Å². The molecule has 0 spiro atoms. The van der Waals surface area contributed by atoms with Crippen LogP contribution in [0, 0.1) is 5.92 Å². The summed E-state index contributed by atoms with van der Waals surface area (Å²) < 4.78 is 44.9. The molecule has 1 saturated heterocycles. The van der Waals surface area contributed by atoms with E-state index in [0.29, 0.717) is 30.9 Å². The number of allylic oxidation sites excluding steroid dienone is 7. The lowest BCUT2D eigenvalue weighted by Gasteiger charge is -2.29. The molecule has 1 aliphatic carbocycles. The molecular weight excluding hydrogens is 362 g/mol. The van der Waals surface area contributed by atoms with Crippen LogP contribution in [0.4, 0.5) is 8.78 Å². The van der Waals surface area contributed by atoms with E-state index >= 15 is 0 Å². The molecule has 1 aliphatic heterocycles. The predicted molar refractivity (Wildman–Crippen MR) is 108 cm³/mol. The standard InChI is InChI=1S/C23H34F2O3/c1-5-7-18-10-13-21(28-15-18)27-14-17(6-2)9-8-16(3)19-11-12-20(26-4)23(25)22(19)24/h8-9,18,21H,5-7,10-15H2,1-4H3/b16-8+,17-9+. The van der Waals surface area contributed by atoms with Gasteiger partial charge in [-0.1, -0.05) is 32.4 Å². The molecule has 28 heavy (non-hydrogen) atoms. The number of hydrogen-bond acceptors (Lipinski definition) is 3. The van der Waals surface area contributed by atoms with Gasteiger partial charge < -0.3 is 14.2 Å². The zero-order chi connectivity index (χ0) is 20.5. The first-order valence-electron chi connectivity index (χ1n) is 10.4. The normalized spacial score (nSPS) is 24.8. The van der Waals surface area contributed by atoms with Gasteiger partial charge in [-0.25, -0.2) is 8.78 Å². The van der Waals surface area contributed by atoms with Crippen molar-refractivity contribution in [3.8, 4) is 0 Å². The second-order valence-electron chi connectivity index (χ2n) is 7.57. The average Bonchev–Trinajstić information content (AvgIpc) is 2.71. The molecule has 0 amide bonds. The molecule has 2 rings (SSSR count). The van der Waals surface area contributed by atoms with Gasteiger partial charge in [0.05, 0.1) is 20.3 Å². The van der Waals surface area contributed by atoms with Crippen molar-refractivity contribution in [3.05, 3.63) is 46.3 Å². The van der Waals surface area contributed by atoms with Gasteiger partial charge in [-0.3, -0.25) is 0 Å². The maximum Gasteiger partial charge on any atom is 0.196 e. The predicted octanol–water partition coefficient (Wildman–Crippen LogP) is 6.68. The van der Waals surface area contributed by atoms with Gasteiger partial charge >= 0.3 is 0 Å². The number of methoxy groups -OCH3 is 1. The minimum Gasteiger partial charge on any atom is -0.498 e. The summed E-state index contributed by atoms with van der Waals surface area (Å²) in [5.74, 6) is -0.948. The van der Waals surface area contributed by atoms with Crippen LogP contribution < -0.4 is 0 Å². The molecule has 158 valence electrons. The van der Waals surface area contributed by atoms with Crippen molar-refractivity contribution in [1.82, 2.24) is 0 Å². The molecule has 0 N–H and O–H groups in total. The Morgan fingerprint density at radius 1 is 1.14 bits per heavy atom. The fourth-order valence-electron chi connectivity index (χ4n) is 3.64. The third kappa shape index (κ3) is 6.28. The first-order valence-corrected chi connectivity index (χ1v) is 10.4. The highest BCUT2D eigenvalue weighted by atomic mass is 19.2. The summed E-state index contributed by atoms with van der Waals surface area (Å²) in [6, 6.07) is 0. The van der Waals surface area contributed by atoms with Crippen LogP contribution in [-0.2, 0) is 14.2 Å². The van der Waals surface area contributed by atoms with Crippen LogP contribution in [0.5, 0.6) is 0 Å². The second kappa shape index (κ2) is 11.5. The van der Waals surface area contributed by atoms with E-state index in [1.165, 1.54) is 20.0 Å². The fraction of sp³-hybridized carbons (Fsp3) is 0.652. The number of halogens is 2. The number of ether oxygens (including phenoxy) is 3. The molecular formula is C23H34F2O3. The summed E-state index contributed by atoms with van der Waals surface area (Å²) in [6.45, 7) is 7.34. The van der Waals surface area contributed by atoms with Gasteiger partial charge in [0.1, 0.15) is 5.76 Å². The smallest absolute Gasteiger partial charge is 0.196 e. The molecule has 0 aromatic rings. The third-order valence-electron chi connectivity index (χ3n) is 5.53. The second-order valence-corrected chi connectivity index (χ2v) is 7.57. The Morgan fingerprint density at radius 3 is 2.54 bits per heavy atom. The first-order chi connectivity index (χ1) is 13.5. The average molecular weight is 397 g/mol. The highest BCUT2D eigenvalue weighted by molar-refractivity contribution is 5.43. The first kappa shape index (κ1) is 22.8.